The molecule has 1 atom stereocenters. The number of carbonyl (C=O) groups is 2. The maximum atomic E-state index is 12.8. The summed E-state index contributed by atoms with van der Waals surface area (Å²) in [4.78, 5) is 27.1. The lowest BCUT2D eigenvalue weighted by molar-refractivity contribution is -0.119. The van der Waals surface area contributed by atoms with Crippen LogP contribution in [0.3, 0.4) is 0 Å². The third-order valence-corrected chi connectivity index (χ3v) is 4.82. The summed E-state index contributed by atoms with van der Waals surface area (Å²) >= 11 is 6.02. The molecule has 0 saturated carbocycles. The number of methoxy groups -OCH3 is 2. The van der Waals surface area contributed by atoms with Gasteiger partial charge in [0.1, 0.15) is 17.5 Å². The van der Waals surface area contributed by atoms with E-state index in [0.29, 0.717) is 40.9 Å². The van der Waals surface area contributed by atoms with Gasteiger partial charge in [0, 0.05) is 11.6 Å². The third kappa shape index (κ3) is 4.31. The van der Waals surface area contributed by atoms with Gasteiger partial charge in [0.05, 0.1) is 25.6 Å². The Morgan fingerprint density at radius 1 is 1.04 bits per heavy atom. The van der Waals surface area contributed by atoms with Gasteiger partial charge in [-0.05, 0) is 43.2 Å². The molecule has 7 nitrogen and oxygen atoms in total. The highest BCUT2D eigenvalue weighted by Gasteiger charge is 2.34. The number of nitrogens with one attached hydrogen (secondary N) is 2. The largest absolute Gasteiger partial charge is 0.495 e. The van der Waals surface area contributed by atoms with E-state index >= 15 is 0 Å². The molecule has 3 rings (SSSR count). The fraction of sp³-hybridized carbons (Fsp3) is 0.300. The van der Waals surface area contributed by atoms with Gasteiger partial charge in [-0.1, -0.05) is 23.7 Å². The third-order valence-electron chi connectivity index (χ3n) is 4.58. The summed E-state index contributed by atoms with van der Waals surface area (Å²) in [7, 11) is 3.05. The number of carbonyl (C=O) groups excluding carboxylic acids is 2. The van der Waals surface area contributed by atoms with Gasteiger partial charge in [-0.2, -0.15) is 0 Å². The van der Waals surface area contributed by atoms with Crippen molar-refractivity contribution in [3.8, 4) is 11.5 Å². The maximum absolute atomic E-state index is 12.8. The molecule has 8 heteroatoms. The molecule has 1 unspecified atom stereocenters. The van der Waals surface area contributed by atoms with Crippen molar-refractivity contribution in [1.82, 2.24) is 4.90 Å². The molecular formula is C20H22ClN3O4. The van der Waals surface area contributed by atoms with Crippen molar-refractivity contribution in [2.45, 2.75) is 18.9 Å². The summed E-state index contributed by atoms with van der Waals surface area (Å²) in [6, 6.07) is 11.2. The number of benzene rings is 2. The molecular weight excluding hydrogens is 382 g/mol. The molecule has 3 amide bonds. The van der Waals surface area contributed by atoms with Crippen LogP contribution in [-0.4, -0.2) is 43.6 Å². The van der Waals surface area contributed by atoms with Crippen LogP contribution in [0.1, 0.15) is 12.8 Å². The van der Waals surface area contributed by atoms with Crippen LogP contribution in [0.5, 0.6) is 11.5 Å². The highest BCUT2D eigenvalue weighted by molar-refractivity contribution is 6.31. The lowest BCUT2D eigenvalue weighted by Crippen LogP contribution is -2.45. The van der Waals surface area contributed by atoms with Gasteiger partial charge in [-0.3, -0.25) is 4.79 Å². The van der Waals surface area contributed by atoms with E-state index in [1.165, 1.54) is 19.1 Å². The zero-order valence-electron chi connectivity index (χ0n) is 15.7. The number of hydrogen-bond donors (Lipinski definition) is 2. The summed E-state index contributed by atoms with van der Waals surface area (Å²) in [5.74, 6) is 0.772. The van der Waals surface area contributed by atoms with Gasteiger partial charge in [0.2, 0.25) is 5.91 Å². The lowest BCUT2D eigenvalue weighted by atomic mass is 10.2. The van der Waals surface area contributed by atoms with E-state index in [0.717, 1.165) is 6.42 Å². The maximum Gasteiger partial charge on any atom is 0.322 e. The average molecular weight is 404 g/mol. The molecule has 1 heterocycles. The Bertz CT molecular complexity index is 874. The molecule has 28 heavy (non-hydrogen) atoms. The number of nitrogens with zero attached hydrogens (tertiary/aromatic N) is 1. The molecule has 1 aliphatic heterocycles. The van der Waals surface area contributed by atoms with Gasteiger partial charge in [-0.25, -0.2) is 4.79 Å². The summed E-state index contributed by atoms with van der Waals surface area (Å²) in [5, 5.41) is 6.12. The quantitative estimate of drug-likeness (QED) is 0.791. The van der Waals surface area contributed by atoms with Crippen LogP contribution >= 0.6 is 11.6 Å². The molecule has 0 aromatic heterocycles. The first-order chi connectivity index (χ1) is 13.5. The molecule has 0 spiro atoms. The van der Waals surface area contributed by atoms with Crippen LogP contribution in [0.4, 0.5) is 16.2 Å². The molecule has 0 aliphatic carbocycles. The van der Waals surface area contributed by atoms with Crippen molar-refractivity contribution < 1.29 is 19.1 Å². The smallest absolute Gasteiger partial charge is 0.322 e. The number of urea groups is 1. The minimum atomic E-state index is -0.585. The van der Waals surface area contributed by atoms with Crippen LogP contribution < -0.4 is 20.1 Å². The predicted molar refractivity (Wildman–Crippen MR) is 108 cm³/mol. The standard InChI is InChI=1S/C20H22ClN3O4/c1-27-17-8-4-3-6-14(17)23-20(26)24-11-5-7-16(24)19(25)22-15-12-13(21)9-10-18(15)28-2/h3-4,6,8-10,12,16H,5,7,11H2,1-2H3,(H,22,25)(H,23,26). The number of rotatable bonds is 5. The predicted octanol–water partition coefficient (Wildman–Crippen LogP) is 3.99. The number of likely N-dealkylation sites (tertiary alicyclic amines) is 1. The van der Waals surface area contributed by atoms with E-state index < -0.39 is 6.04 Å². The van der Waals surface area contributed by atoms with E-state index in [2.05, 4.69) is 10.6 Å². The molecule has 2 N–H and O–H groups in total. The molecule has 1 aliphatic rings. The minimum absolute atomic E-state index is 0.284. The van der Waals surface area contributed by atoms with Crippen molar-refractivity contribution >= 4 is 34.9 Å². The second kappa shape index (κ2) is 8.84. The molecule has 1 saturated heterocycles. The number of amides is 3. The Balaban J connectivity index is 1.72. The SMILES string of the molecule is COc1ccc(Cl)cc1NC(=O)C1CCCN1C(=O)Nc1ccccc1OC. The highest BCUT2D eigenvalue weighted by atomic mass is 35.5. The summed E-state index contributed by atoms with van der Waals surface area (Å²) in [6.07, 6.45) is 1.32. The summed E-state index contributed by atoms with van der Waals surface area (Å²) < 4.78 is 10.5. The number of anilines is 2. The number of halogens is 1. The molecule has 1 fully saturated rings. The van der Waals surface area contributed by atoms with Crippen LogP contribution in [0, 0.1) is 0 Å². The minimum Gasteiger partial charge on any atom is -0.495 e. The van der Waals surface area contributed by atoms with Crippen LogP contribution in [-0.2, 0) is 4.79 Å². The normalized spacial score (nSPS) is 15.8. The molecule has 0 radical (unpaired) electrons. The van der Waals surface area contributed by atoms with Crippen molar-refractivity contribution in [2.75, 3.05) is 31.4 Å². The molecule has 0 bridgehead atoms. The van der Waals surface area contributed by atoms with E-state index in [4.69, 9.17) is 21.1 Å². The fourth-order valence-corrected chi connectivity index (χ4v) is 3.38. The molecule has 148 valence electrons. The van der Waals surface area contributed by atoms with Crippen LogP contribution in [0.25, 0.3) is 0 Å². The Hall–Kier alpha value is -2.93. The first-order valence-corrected chi connectivity index (χ1v) is 9.26. The van der Waals surface area contributed by atoms with Crippen molar-refractivity contribution in [3.05, 3.63) is 47.5 Å². The van der Waals surface area contributed by atoms with Crippen molar-refractivity contribution in [1.29, 1.82) is 0 Å². The topological polar surface area (TPSA) is 79.9 Å². The summed E-state index contributed by atoms with van der Waals surface area (Å²) in [5.41, 5.74) is 1.02. The second-order valence-electron chi connectivity index (χ2n) is 6.32. The number of hydrogen-bond acceptors (Lipinski definition) is 4. The van der Waals surface area contributed by atoms with Gasteiger partial charge in [-0.15, -0.1) is 0 Å². The second-order valence-corrected chi connectivity index (χ2v) is 6.75. The molecule has 2 aromatic carbocycles. The Kier molecular flexibility index (Phi) is 6.26. The highest BCUT2D eigenvalue weighted by Crippen LogP contribution is 2.29. The average Bonchev–Trinajstić information content (AvgIpc) is 3.19. The van der Waals surface area contributed by atoms with Crippen LogP contribution in [0.2, 0.25) is 5.02 Å². The van der Waals surface area contributed by atoms with E-state index in [1.54, 1.807) is 36.4 Å². The zero-order chi connectivity index (χ0) is 20.1. The molecule has 2 aromatic rings. The zero-order valence-corrected chi connectivity index (χ0v) is 16.5. The Labute approximate surface area is 168 Å². The Morgan fingerprint density at radius 3 is 2.50 bits per heavy atom. The fourth-order valence-electron chi connectivity index (χ4n) is 3.21. The van der Waals surface area contributed by atoms with Gasteiger partial charge in [0.25, 0.3) is 0 Å². The Morgan fingerprint density at radius 2 is 1.75 bits per heavy atom. The monoisotopic (exact) mass is 403 g/mol. The van der Waals surface area contributed by atoms with Crippen LogP contribution in [0.15, 0.2) is 42.5 Å². The first kappa shape index (κ1) is 19.8. The van der Waals surface area contributed by atoms with Gasteiger partial charge >= 0.3 is 6.03 Å². The van der Waals surface area contributed by atoms with Crippen molar-refractivity contribution in [2.24, 2.45) is 0 Å². The summed E-state index contributed by atoms with van der Waals surface area (Å²) in [6.45, 7) is 0.492. The van der Waals surface area contributed by atoms with E-state index in [9.17, 15) is 9.59 Å². The number of para-hydroxylation sites is 2. The van der Waals surface area contributed by atoms with E-state index in [1.807, 2.05) is 6.07 Å². The van der Waals surface area contributed by atoms with Gasteiger partial charge in [0.15, 0.2) is 0 Å². The van der Waals surface area contributed by atoms with Gasteiger partial charge < -0.3 is 25.0 Å². The lowest BCUT2D eigenvalue weighted by Gasteiger charge is -2.25. The van der Waals surface area contributed by atoms with Crippen molar-refractivity contribution in [3.63, 3.8) is 0 Å². The number of ether oxygens (including phenoxy) is 2. The van der Waals surface area contributed by atoms with E-state index in [-0.39, 0.29) is 11.9 Å². The first-order valence-electron chi connectivity index (χ1n) is 8.88.